The molecule has 0 aromatic heterocycles. The van der Waals surface area contributed by atoms with Gasteiger partial charge >= 0.3 is 0 Å². The second kappa shape index (κ2) is 6.36. The third-order valence-corrected chi connectivity index (χ3v) is 3.45. The lowest BCUT2D eigenvalue weighted by Gasteiger charge is -2.17. The third-order valence-electron chi connectivity index (χ3n) is 2.81. The first-order chi connectivity index (χ1) is 7.54. The zero-order valence-corrected chi connectivity index (χ0v) is 11.4. The van der Waals surface area contributed by atoms with E-state index in [4.69, 9.17) is 5.73 Å². The first-order valence-corrected chi connectivity index (χ1v) is 6.54. The molecule has 2 atom stereocenters. The molecule has 0 amide bonds. The van der Waals surface area contributed by atoms with E-state index in [1.165, 1.54) is 18.9 Å². The summed E-state index contributed by atoms with van der Waals surface area (Å²) in [5.41, 5.74) is 6.94. The molecule has 16 heavy (non-hydrogen) atoms. The van der Waals surface area contributed by atoms with Gasteiger partial charge in [-0.2, -0.15) is 0 Å². The Labute approximate surface area is 105 Å². The summed E-state index contributed by atoms with van der Waals surface area (Å²) >= 11 is 3.14. The van der Waals surface area contributed by atoms with Crippen LogP contribution in [0.4, 0.5) is 4.39 Å². The zero-order chi connectivity index (χ0) is 12.1. The van der Waals surface area contributed by atoms with E-state index in [0.717, 1.165) is 12.0 Å². The van der Waals surface area contributed by atoms with Gasteiger partial charge in [0.2, 0.25) is 0 Å². The van der Waals surface area contributed by atoms with Crippen LogP contribution in [0.2, 0.25) is 0 Å². The van der Waals surface area contributed by atoms with Crippen molar-refractivity contribution in [3.63, 3.8) is 0 Å². The molecular formula is C13H19BrFN. The van der Waals surface area contributed by atoms with Gasteiger partial charge in [-0.15, -0.1) is 0 Å². The Kier molecular flexibility index (Phi) is 5.42. The molecule has 1 aromatic rings. The van der Waals surface area contributed by atoms with Gasteiger partial charge in [-0.25, -0.2) is 4.39 Å². The number of benzene rings is 1. The van der Waals surface area contributed by atoms with Gasteiger partial charge in [-0.05, 0) is 46.0 Å². The smallest absolute Gasteiger partial charge is 0.137 e. The summed E-state index contributed by atoms with van der Waals surface area (Å²) < 4.78 is 13.8. The normalized spacial score (nSPS) is 14.8. The third kappa shape index (κ3) is 3.87. The van der Waals surface area contributed by atoms with Crippen molar-refractivity contribution in [2.24, 2.45) is 11.7 Å². The molecule has 0 saturated heterocycles. The molecule has 3 heteroatoms. The lowest BCUT2D eigenvalue weighted by molar-refractivity contribution is 0.439. The topological polar surface area (TPSA) is 26.0 Å². The average molecular weight is 288 g/mol. The highest BCUT2D eigenvalue weighted by molar-refractivity contribution is 9.10. The van der Waals surface area contributed by atoms with E-state index in [9.17, 15) is 4.39 Å². The SMILES string of the molecule is CCCC(C)CC(N)c1ccc(Br)c(F)c1. The lowest BCUT2D eigenvalue weighted by atomic mass is 9.93. The summed E-state index contributed by atoms with van der Waals surface area (Å²) in [7, 11) is 0. The fourth-order valence-electron chi connectivity index (χ4n) is 1.92. The maximum atomic E-state index is 13.3. The molecular weight excluding hydrogens is 269 g/mol. The molecule has 0 radical (unpaired) electrons. The largest absolute Gasteiger partial charge is 0.324 e. The fraction of sp³-hybridized carbons (Fsp3) is 0.538. The first-order valence-electron chi connectivity index (χ1n) is 5.75. The molecule has 1 aromatic carbocycles. The minimum Gasteiger partial charge on any atom is -0.324 e. The first kappa shape index (κ1) is 13.7. The molecule has 0 aliphatic heterocycles. The Morgan fingerprint density at radius 2 is 2.12 bits per heavy atom. The number of rotatable bonds is 5. The van der Waals surface area contributed by atoms with Gasteiger partial charge in [-0.1, -0.05) is 32.8 Å². The highest BCUT2D eigenvalue weighted by atomic mass is 79.9. The van der Waals surface area contributed by atoms with Crippen molar-refractivity contribution >= 4 is 15.9 Å². The predicted octanol–water partition coefficient (Wildman–Crippen LogP) is 4.41. The summed E-state index contributed by atoms with van der Waals surface area (Å²) in [5, 5.41) is 0. The van der Waals surface area contributed by atoms with Crippen molar-refractivity contribution in [1.82, 2.24) is 0 Å². The molecule has 0 heterocycles. The Morgan fingerprint density at radius 3 is 2.69 bits per heavy atom. The van der Waals surface area contributed by atoms with Gasteiger partial charge in [0.15, 0.2) is 0 Å². The van der Waals surface area contributed by atoms with Crippen molar-refractivity contribution in [2.75, 3.05) is 0 Å². The van der Waals surface area contributed by atoms with Gasteiger partial charge in [-0.3, -0.25) is 0 Å². The molecule has 2 N–H and O–H groups in total. The van der Waals surface area contributed by atoms with Crippen LogP contribution in [0.25, 0.3) is 0 Å². The highest BCUT2D eigenvalue weighted by Gasteiger charge is 2.12. The van der Waals surface area contributed by atoms with Crippen molar-refractivity contribution in [3.8, 4) is 0 Å². The van der Waals surface area contributed by atoms with Crippen LogP contribution < -0.4 is 5.73 Å². The summed E-state index contributed by atoms with van der Waals surface area (Å²) in [6.07, 6.45) is 3.25. The minimum atomic E-state index is -0.240. The van der Waals surface area contributed by atoms with Crippen LogP contribution in [0, 0.1) is 11.7 Å². The van der Waals surface area contributed by atoms with Crippen LogP contribution in [0.5, 0.6) is 0 Å². The monoisotopic (exact) mass is 287 g/mol. The molecule has 2 unspecified atom stereocenters. The number of halogens is 2. The molecule has 1 rings (SSSR count). The molecule has 0 aliphatic rings. The van der Waals surface area contributed by atoms with Crippen LogP contribution in [-0.4, -0.2) is 0 Å². The Morgan fingerprint density at radius 1 is 1.44 bits per heavy atom. The van der Waals surface area contributed by atoms with E-state index in [1.54, 1.807) is 6.07 Å². The van der Waals surface area contributed by atoms with E-state index in [0.29, 0.717) is 10.4 Å². The summed E-state index contributed by atoms with van der Waals surface area (Å²) in [6.45, 7) is 4.36. The number of hydrogen-bond acceptors (Lipinski definition) is 1. The maximum absolute atomic E-state index is 13.3. The van der Waals surface area contributed by atoms with Crippen molar-refractivity contribution in [3.05, 3.63) is 34.1 Å². The summed E-state index contributed by atoms with van der Waals surface area (Å²) in [6, 6.07) is 5.06. The van der Waals surface area contributed by atoms with Crippen LogP contribution >= 0.6 is 15.9 Å². The van der Waals surface area contributed by atoms with E-state index in [2.05, 4.69) is 29.8 Å². The van der Waals surface area contributed by atoms with Gasteiger partial charge in [0, 0.05) is 6.04 Å². The molecule has 1 nitrogen and oxygen atoms in total. The van der Waals surface area contributed by atoms with Gasteiger partial charge in [0.05, 0.1) is 4.47 Å². The standard InChI is InChI=1S/C13H19BrFN/c1-3-4-9(2)7-13(16)10-5-6-11(14)12(15)8-10/h5-6,8-9,13H,3-4,7,16H2,1-2H3. The minimum absolute atomic E-state index is 0.0656. The quantitative estimate of drug-likeness (QED) is 0.853. The number of hydrogen-bond donors (Lipinski definition) is 1. The Bertz CT molecular complexity index is 341. The van der Waals surface area contributed by atoms with Gasteiger partial charge in [0.25, 0.3) is 0 Å². The molecule has 0 spiro atoms. The molecule has 0 bridgehead atoms. The van der Waals surface area contributed by atoms with Gasteiger partial charge in [0.1, 0.15) is 5.82 Å². The molecule has 0 saturated carbocycles. The van der Waals surface area contributed by atoms with Gasteiger partial charge < -0.3 is 5.73 Å². The van der Waals surface area contributed by atoms with Crippen LogP contribution in [0.3, 0.4) is 0 Å². The Balaban J connectivity index is 2.65. The second-order valence-corrected chi connectivity index (χ2v) is 5.26. The van der Waals surface area contributed by atoms with E-state index >= 15 is 0 Å². The lowest BCUT2D eigenvalue weighted by Crippen LogP contribution is -2.14. The molecule has 0 aliphatic carbocycles. The van der Waals surface area contributed by atoms with Crippen LogP contribution in [0.15, 0.2) is 22.7 Å². The van der Waals surface area contributed by atoms with Crippen LogP contribution in [-0.2, 0) is 0 Å². The zero-order valence-electron chi connectivity index (χ0n) is 9.84. The van der Waals surface area contributed by atoms with Crippen molar-refractivity contribution < 1.29 is 4.39 Å². The highest BCUT2D eigenvalue weighted by Crippen LogP contribution is 2.24. The fourth-order valence-corrected chi connectivity index (χ4v) is 2.17. The van der Waals surface area contributed by atoms with Crippen LogP contribution in [0.1, 0.15) is 44.7 Å². The average Bonchev–Trinajstić information content (AvgIpc) is 2.22. The van der Waals surface area contributed by atoms with E-state index in [1.807, 2.05) is 6.07 Å². The number of nitrogens with two attached hydrogens (primary N) is 1. The van der Waals surface area contributed by atoms with E-state index < -0.39 is 0 Å². The Hall–Kier alpha value is -0.410. The second-order valence-electron chi connectivity index (χ2n) is 4.41. The van der Waals surface area contributed by atoms with E-state index in [-0.39, 0.29) is 11.9 Å². The predicted molar refractivity (Wildman–Crippen MR) is 69.7 cm³/mol. The van der Waals surface area contributed by atoms with Crippen molar-refractivity contribution in [2.45, 2.75) is 39.2 Å². The summed E-state index contributed by atoms with van der Waals surface area (Å²) in [4.78, 5) is 0. The maximum Gasteiger partial charge on any atom is 0.137 e. The molecule has 0 fully saturated rings. The molecule has 90 valence electrons. The summed E-state index contributed by atoms with van der Waals surface area (Å²) in [5.74, 6) is 0.350. The van der Waals surface area contributed by atoms with Crippen molar-refractivity contribution in [1.29, 1.82) is 0 Å².